The van der Waals surface area contributed by atoms with Crippen molar-refractivity contribution in [1.82, 2.24) is 25.3 Å². The standard InChI is InChI=1S/C21H29F3N6O.HI/c1-15(2)19-27-18(31-28-19)8-9-26-20(25-3)30-12-10-29(11-13-30)14-16-4-6-17(7-5-16)21(22,23)24;/h4-7,15H,8-14H2,1-3H3,(H,25,26);1H. The quantitative estimate of drug-likeness (QED) is 0.327. The number of halogens is 4. The Morgan fingerprint density at radius 1 is 1.16 bits per heavy atom. The van der Waals surface area contributed by atoms with Crippen LogP contribution in [0.3, 0.4) is 0 Å². The number of nitrogens with one attached hydrogen (secondary N) is 1. The van der Waals surface area contributed by atoms with Gasteiger partial charge in [0.1, 0.15) is 0 Å². The van der Waals surface area contributed by atoms with Crippen LogP contribution in [0.25, 0.3) is 0 Å². The highest BCUT2D eigenvalue weighted by Gasteiger charge is 2.30. The number of hydrogen-bond acceptors (Lipinski definition) is 5. The Balaban J connectivity index is 0.00000363. The first-order chi connectivity index (χ1) is 14.8. The molecule has 0 unspecified atom stereocenters. The summed E-state index contributed by atoms with van der Waals surface area (Å²) in [5.41, 5.74) is 0.265. The van der Waals surface area contributed by atoms with E-state index in [1.54, 1.807) is 19.2 Å². The topological polar surface area (TPSA) is 69.8 Å². The molecule has 1 aliphatic heterocycles. The Morgan fingerprint density at radius 3 is 2.34 bits per heavy atom. The Labute approximate surface area is 203 Å². The van der Waals surface area contributed by atoms with Gasteiger partial charge in [-0.05, 0) is 17.7 Å². The van der Waals surface area contributed by atoms with E-state index >= 15 is 0 Å². The molecule has 3 rings (SSSR count). The highest BCUT2D eigenvalue weighted by molar-refractivity contribution is 14.0. The number of benzene rings is 1. The first-order valence-corrected chi connectivity index (χ1v) is 10.4. The van der Waals surface area contributed by atoms with E-state index in [1.807, 2.05) is 13.8 Å². The predicted molar refractivity (Wildman–Crippen MR) is 127 cm³/mol. The molecule has 1 saturated heterocycles. The minimum absolute atomic E-state index is 0. The molecule has 0 saturated carbocycles. The number of alkyl halides is 3. The van der Waals surface area contributed by atoms with Crippen LogP contribution < -0.4 is 5.32 Å². The Bertz CT molecular complexity index is 861. The van der Waals surface area contributed by atoms with Crippen LogP contribution in [0.1, 0.15) is 42.6 Å². The van der Waals surface area contributed by atoms with Gasteiger partial charge in [0, 0.05) is 58.7 Å². The number of piperazine rings is 1. The Kier molecular flexibility index (Phi) is 9.74. The van der Waals surface area contributed by atoms with Crippen molar-refractivity contribution in [2.45, 2.75) is 38.9 Å². The molecule has 1 fully saturated rings. The second-order valence-electron chi connectivity index (χ2n) is 7.88. The van der Waals surface area contributed by atoms with Crippen molar-refractivity contribution >= 4 is 29.9 Å². The fourth-order valence-electron chi connectivity index (χ4n) is 3.39. The van der Waals surface area contributed by atoms with Gasteiger partial charge in [-0.2, -0.15) is 18.2 Å². The summed E-state index contributed by atoms with van der Waals surface area (Å²) < 4.78 is 43.4. The van der Waals surface area contributed by atoms with Crippen LogP contribution in [-0.2, 0) is 19.1 Å². The lowest BCUT2D eigenvalue weighted by atomic mass is 10.1. The zero-order valence-electron chi connectivity index (χ0n) is 18.5. The fourth-order valence-corrected chi connectivity index (χ4v) is 3.39. The second kappa shape index (κ2) is 11.8. The van der Waals surface area contributed by atoms with E-state index in [9.17, 15) is 13.2 Å². The average molecular weight is 566 g/mol. The predicted octanol–water partition coefficient (Wildman–Crippen LogP) is 3.77. The minimum Gasteiger partial charge on any atom is -0.356 e. The average Bonchev–Trinajstić information content (AvgIpc) is 3.21. The molecule has 0 atom stereocenters. The largest absolute Gasteiger partial charge is 0.416 e. The minimum atomic E-state index is -4.30. The van der Waals surface area contributed by atoms with Gasteiger partial charge in [0.2, 0.25) is 5.89 Å². The molecular weight excluding hydrogens is 536 g/mol. The number of nitrogens with zero attached hydrogens (tertiary/aromatic N) is 5. The van der Waals surface area contributed by atoms with Gasteiger partial charge >= 0.3 is 6.18 Å². The molecule has 11 heteroatoms. The van der Waals surface area contributed by atoms with E-state index in [2.05, 4.69) is 30.2 Å². The SMILES string of the molecule is CN=C(NCCc1nc(C(C)C)no1)N1CCN(Cc2ccc(C(F)(F)F)cc2)CC1.I. The third kappa shape index (κ3) is 7.32. The molecule has 1 aromatic heterocycles. The van der Waals surface area contributed by atoms with Crippen LogP contribution >= 0.6 is 24.0 Å². The normalized spacial score (nSPS) is 15.7. The Morgan fingerprint density at radius 2 is 1.81 bits per heavy atom. The lowest BCUT2D eigenvalue weighted by Crippen LogP contribution is -2.52. The molecule has 1 aromatic carbocycles. The van der Waals surface area contributed by atoms with Crippen LogP contribution in [0.2, 0.25) is 0 Å². The van der Waals surface area contributed by atoms with E-state index in [-0.39, 0.29) is 29.9 Å². The van der Waals surface area contributed by atoms with Gasteiger partial charge in [-0.1, -0.05) is 31.1 Å². The van der Waals surface area contributed by atoms with Gasteiger partial charge in [-0.15, -0.1) is 24.0 Å². The number of rotatable bonds is 6. The number of aliphatic imine (C=N–C) groups is 1. The van der Waals surface area contributed by atoms with Crippen LogP contribution in [0.5, 0.6) is 0 Å². The van der Waals surface area contributed by atoms with Gasteiger partial charge in [0.25, 0.3) is 0 Å². The molecule has 2 heterocycles. The fraction of sp³-hybridized carbons (Fsp3) is 0.571. The van der Waals surface area contributed by atoms with Crippen molar-refractivity contribution < 1.29 is 17.7 Å². The van der Waals surface area contributed by atoms with Crippen molar-refractivity contribution in [3.05, 3.63) is 47.1 Å². The third-order valence-electron chi connectivity index (χ3n) is 5.19. The van der Waals surface area contributed by atoms with Crippen LogP contribution in [-0.4, -0.2) is 65.7 Å². The summed E-state index contributed by atoms with van der Waals surface area (Å²) in [6.07, 6.45) is -3.68. The van der Waals surface area contributed by atoms with Crippen LogP contribution in [0, 0.1) is 0 Å². The molecule has 2 aromatic rings. The lowest BCUT2D eigenvalue weighted by molar-refractivity contribution is -0.137. The first kappa shape index (κ1) is 26.4. The van der Waals surface area contributed by atoms with Crippen molar-refractivity contribution in [3.8, 4) is 0 Å². The highest BCUT2D eigenvalue weighted by atomic mass is 127. The summed E-state index contributed by atoms with van der Waals surface area (Å²) >= 11 is 0. The van der Waals surface area contributed by atoms with E-state index < -0.39 is 11.7 Å². The Hall–Kier alpha value is -1.89. The monoisotopic (exact) mass is 566 g/mol. The van der Waals surface area contributed by atoms with E-state index in [0.717, 1.165) is 49.8 Å². The highest BCUT2D eigenvalue weighted by Crippen LogP contribution is 2.29. The van der Waals surface area contributed by atoms with Crippen molar-refractivity contribution in [2.24, 2.45) is 4.99 Å². The molecule has 0 bridgehead atoms. The maximum atomic E-state index is 12.7. The second-order valence-corrected chi connectivity index (χ2v) is 7.88. The molecule has 0 aliphatic carbocycles. The zero-order chi connectivity index (χ0) is 22.4. The maximum absolute atomic E-state index is 12.7. The number of aromatic nitrogens is 2. The van der Waals surface area contributed by atoms with Gasteiger partial charge in [0.05, 0.1) is 5.56 Å². The van der Waals surface area contributed by atoms with Crippen molar-refractivity contribution in [1.29, 1.82) is 0 Å². The first-order valence-electron chi connectivity index (χ1n) is 10.4. The molecule has 1 aliphatic rings. The van der Waals surface area contributed by atoms with Gasteiger partial charge in [-0.3, -0.25) is 9.89 Å². The zero-order valence-corrected chi connectivity index (χ0v) is 20.9. The molecule has 32 heavy (non-hydrogen) atoms. The van der Waals surface area contributed by atoms with Crippen LogP contribution in [0.4, 0.5) is 13.2 Å². The van der Waals surface area contributed by atoms with Gasteiger partial charge < -0.3 is 14.7 Å². The summed E-state index contributed by atoms with van der Waals surface area (Å²) in [4.78, 5) is 13.1. The van der Waals surface area contributed by atoms with Crippen molar-refractivity contribution in [3.63, 3.8) is 0 Å². The van der Waals surface area contributed by atoms with Crippen LogP contribution in [0.15, 0.2) is 33.8 Å². The summed E-state index contributed by atoms with van der Waals surface area (Å²) in [5.74, 6) is 2.37. The molecule has 178 valence electrons. The third-order valence-corrected chi connectivity index (χ3v) is 5.19. The lowest BCUT2D eigenvalue weighted by Gasteiger charge is -2.36. The van der Waals surface area contributed by atoms with Gasteiger partial charge in [0.15, 0.2) is 11.8 Å². The van der Waals surface area contributed by atoms with Gasteiger partial charge in [-0.25, -0.2) is 0 Å². The molecule has 0 amide bonds. The van der Waals surface area contributed by atoms with Crippen molar-refractivity contribution in [2.75, 3.05) is 39.8 Å². The molecule has 0 spiro atoms. The summed E-state index contributed by atoms with van der Waals surface area (Å²) in [5, 5.41) is 7.30. The summed E-state index contributed by atoms with van der Waals surface area (Å²) in [7, 11) is 1.75. The summed E-state index contributed by atoms with van der Waals surface area (Å²) in [6.45, 7) is 8.51. The van der Waals surface area contributed by atoms with E-state index in [1.165, 1.54) is 0 Å². The van der Waals surface area contributed by atoms with E-state index in [4.69, 9.17) is 4.52 Å². The maximum Gasteiger partial charge on any atom is 0.416 e. The molecular formula is C21H30F3IN6O. The van der Waals surface area contributed by atoms with E-state index in [0.29, 0.717) is 31.2 Å². The summed E-state index contributed by atoms with van der Waals surface area (Å²) in [6, 6.07) is 5.39. The molecule has 0 radical (unpaired) electrons. The molecule has 7 nitrogen and oxygen atoms in total. The molecule has 1 N–H and O–H groups in total. The number of hydrogen-bond donors (Lipinski definition) is 1. The smallest absolute Gasteiger partial charge is 0.356 e. The number of guanidine groups is 1.